The Labute approximate surface area is 99.4 Å². The Balaban J connectivity index is 2.09. The molecule has 2 heteroatoms. The molecule has 0 aromatic rings. The molecule has 0 aliphatic carbocycles. The summed E-state index contributed by atoms with van der Waals surface area (Å²) in [5.74, 6) is 0.511. The molecule has 3 unspecified atom stereocenters. The van der Waals surface area contributed by atoms with Crippen molar-refractivity contribution in [1.29, 1.82) is 0 Å². The molecule has 0 radical (unpaired) electrons. The molecule has 2 heterocycles. The van der Waals surface area contributed by atoms with Crippen LogP contribution >= 0.6 is 0 Å². The van der Waals surface area contributed by atoms with E-state index in [4.69, 9.17) is 0 Å². The molecule has 2 rings (SSSR count). The molecule has 0 spiro atoms. The van der Waals surface area contributed by atoms with Crippen molar-refractivity contribution in [3.63, 3.8) is 0 Å². The van der Waals surface area contributed by atoms with Gasteiger partial charge in [-0.15, -0.1) is 0 Å². The zero-order chi connectivity index (χ0) is 11.5. The van der Waals surface area contributed by atoms with Crippen molar-refractivity contribution in [1.82, 2.24) is 4.90 Å². The summed E-state index contributed by atoms with van der Waals surface area (Å²) >= 11 is 0. The summed E-state index contributed by atoms with van der Waals surface area (Å²) in [6, 6.07) is 1.89. The van der Waals surface area contributed by atoms with Crippen molar-refractivity contribution in [2.24, 2.45) is 0 Å². The van der Waals surface area contributed by atoms with E-state index in [0.29, 0.717) is 17.9 Å². The predicted molar refractivity (Wildman–Crippen MR) is 66.5 cm³/mol. The highest BCUT2D eigenvalue weighted by molar-refractivity contribution is 5.80. The minimum absolute atomic E-state index is 0.511. The maximum Gasteiger partial charge on any atom is 0.136 e. The molecule has 3 atom stereocenters. The lowest BCUT2D eigenvalue weighted by Crippen LogP contribution is -2.56. The van der Waals surface area contributed by atoms with Crippen molar-refractivity contribution in [2.75, 3.05) is 0 Å². The first-order chi connectivity index (χ1) is 7.76. The molecule has 2 fully saturated rings. The summed E-state index contributed by atoms with van der Waals surface area (Å²) in [7, 11) is 0. The van der Waals surface area contributed by atoms with Gasteiger partial charge in [-0.1, -0.05) is 26.7 Å². The molecular formula is C14H25NO. The molecule has 0 amide bonds. The van der Waals surface area contributed by atoms with Gasteiger partial charge in [0, 0.05) is 31.0 Å². The SMILES string of the molecule is CCCC(CC)N1C2CCCC1CC(=O)C2. The minimum atomic E-state index is 0.511. The Bertz CT molecular complexity index is 235. The average Bonchev–Trinajstić information content (AvgIpc) is 2.25. The van der Waals surface area contributed by atoms with E-state index in [1.807, 2.05) is 0 Å². The van der Waals surface area contributed by atoms with E-state index in [2.05, 4.69) is 18.7 Å². The Morgan fingerprint density at radius 2 is 1.88 bits per heavy atom. The number of carbonyl (C=O) groups excluding carboxylic acids is 1. The van der Waals surface area contributed by atoms with Crippen LogP contribution < -0.4 is 0 Å². The Hall–Kier alpha value is -0.370. The van der Waals surface area contributed by atoms with Crippen LogP contribution in [-0.4, -0.2) is 28.8 Å². The van der Waals surface area contributed by atoms with Crippen molar-refractivity contribution in [3.8, 4) is 0 Å². The summed E-state index contributed by atoms with van der Waals surface area (Å²) in [6.07, 6.45) is 9.31. The monoisotopic (exact) mass is 223 g/mol. The van der Waals surface area contributed by atoms with Gasteiger partial charge in [0.15, 0.2) is 0 Å². The molecule has 2 aliphatic heterocycles. The summed E-state index contributed by atoms with van der Waals surface area (Å²) in [4.78, 5) is 14.4. The van der Waals surface area contributed by atoms with Gasteiger partial charge in [-0.25, -0.2) is 0 Å². The molecule has 0 N–H and O–H groups in total. The van der Waals surface area contributed by atoms with Crippen LogP contribution in [0.5, 0.6) is 0 Å². The second kappa shape index (κ2) is 5.31. The Kier molecular flexibility index (Phi) is 4.01. The van der Waals surface area contributed by atoms with Crippen LogP contribution in [0.3, 0.4) is 0 Å². The summed E-state index contributed by atoms with van der Waals surface area (Å²) in [5.41, 5.74) is 0. The van der Waals surface area contributed by atoms with Crippen LogP contribution in [0.15, 0.2) is 0 Å². The van der Waals surface area contributed by atoms with Crippen molar-refractivity contribution in [2.45, 2.75) is 83.3 Å². The lowest BCUT2D eigenvalue weighted by molar-refractivity contribution is -0.129. The highest BCUT2D eigenvalue weighted by atomic mass is 16.1. The molecule has 0 saturated carbocycles. The van der Waals surface area contributed by atoms with E-state index in [-0.39, 0.29) is 0 Å². The third kappa shape index (κ3) is 2.32. The van der Waals surface area contributed by atoms with Gasteiger partial charge in [0.05, 0.1) is 0 Å². The van der Waals surface area contributed by atoms with Crippen LogP contribution in [0.25, 0.3) is 0 Å². The van der Waals surface area contributed by atoms with E-state index < -0.39 is 0 Å². The first kappa shape index (κ1) is 12.1. The molecule has 2 nitrogen and oxygen atoms in total. The van der Waals surface area contributed by atoms with Crippen LogP contribution in [0, 0.1) is 0 Å². The number of hydrogen-bond donors (Lipinski definition) is 0. The molecule has 2 aliphatic rings. The highest BCUT2D eigenvalue weighted by Crippen LogP contribution is 2.35. The molecule has 0 aromatic heterocycles. The lowest BCUT2D eigenvalue weighted by atomic mass is 9.81. The van der Waals surface area contributed by atoms with Gasteiger partial charge in [0.2, 0.25) is 0 Å². The molecule has 0 aromatic carbocycles. The Morgan fingerprint density at radius 3 is 2.38 bits per heavy atom. The summed E-state index contributed by atoms with van der Waals surface area (Å²) in [6.45, 7) is 4.57. The maximum absolute atomic E-state index is 11.7. The lowest BCUT2D eigenvalue weighted by Gasteiger charge is -2.49. The normalized spacial score (nSPS) is 32.8. The first-order valence-electron chi connectivity index (χ1n) is 7.05. The molecule has 92 valence electrons. The first-order valence-corrected chi connectivity index (χ1v) is 7.05. The number of ketones is 1. The van der Waals surface area contributed by atoms with Gasteiger partial charge in [-0.3, -0.25) is 9.69 Å². The van der Waals surface area contributed by atoms with Crippen molar-refractivity contribution in [3.05, 3.63) is 0 Å². The fraction of sp³-hybridized carbons (Fsp3) is 0.929. The van der Waals surface area contributed by atoms with E-state index in [9.17, 15) is 4.79 Å². The summed E-state index contributed by atoms with van der Waals surface area (Å²) < 4.78 is 0. The topological polar surface area (TPSA) is 20.3 Å². The number of nitrogens with zero attached hydrogens (tertiary/aromatic N) is 1. The van der Waals surface area contributed by atoms with Gasteiger partial charge in [-0.2, -0.15) is 0 Å². The van der Waals surface area contributed by atoms with E-state index in [1.165, 1.54) is 38.5 Å². The number of piperidine rings is 2. The van der Waals surface area contributed by atoms with E-state index >= 15 is 0 Å². The Morgan fingerprint density at radius 1 is 1.25 bits per heavy atom. The fourth-order valence-corrected chi connectivity index (χ4v) is 3.70. The maximum atomic E-state index is 11.7. The van der Waals surface area contributed by atoms with Crippen LogP contribution in [-0.2, 0) is 4.79 Å². The quantitative estimate of drug-likeness (QED) is 0.729. The zero-order valence-electron chi connectivity index (χ0n) is 10.7. The number of hydrogen-bond acceptors (Lipinski definition) is 2. The average molecular weight is 223 g/mol. The van der Waals surface area contributed by atoms with Gasteiger partial charge >= 0.3 is 0 Å². The number of fused-ring (bicyclic) bond motifs is 2. The van der Waals surface area contributed by atoms with E-state index in [0.717, 1.165) is 18.9 Å². The highest BCUT2D eigenvalue weighted by Gasteiger charge is 2.39. The standard InChI is InChI=1S/C14H25NO/c1-3-6-11(4-2)15-12-7-5-8-13(15)10-14(16)9-12/h11-13H,3-10H2,1-2H3. The van der Waals surface area contributed by atoms with Gasteiger partial charge < -0.3 is 0 Å². The molecule has 16 heavy (non-hydrogen) atoms. The van der Waals surface area contributed by atoms with Gasteiger partial charge in [-0.05, 0) is 25.7 Å². The third-order valence-corrected chi connectivity index (χ3v) is 4.36. The van der Waals surface area contributed by atoms with Crippen LogP contribution in [0.4, 0.5) is 0 Å². The number of Topliss-reactive ketones (excluding diaryl/α,β-unsaturated/α-hetero) is 1. The number of carbonyl (C=O) groups is 1. The number of rotatable bonds is 4. The molecule has 2 bridgehead atoms. The van der Waals surface area contributed by atoms with E-state index in [1.54, 1.807) is 0 Å². The molecular weight excluding hydrogens is 198 g/mol. The van der Waals surface area contributed by atoms with Gasteiger partial charge in [0.1, 0.15) is 5.78 Å². The largest absolute Gasteiger partial charge is 0.300 e. The van der Waals surface area contributed by atoms with Crippen molar-refractivity contribution >= 4 is 5.78 Å². The van der Waals surface area contributed by atoms with Crippen LogP contribution in [0.1, 0.15) is 65.2 Å². The summed E-state index contributed by atoms with van der Waals surface area (Å²) in [5, 5.41) is 0. The third-order valence-electron chi connectivity index (χ3n) is 4.36. The smallest absolute Gasteiger partial charge is 0.136 e. The van der Waals surface area contributed by atoms with Crippen molar-refractivity contribution < 1.29 is 4.79 Å². The molecule has 2 saturated heterocycles. The fourth-order valence-electron chi connectivity index (χ4n) is 3.70. The predicted octanol–water partition coefficient (Wildman–Crippen LogP) is 3.15. The minimum Gasteiger partial charge on any atom is -0.300 e. The van der Waals surface area contributed by atoms with Gasteiger partial charge in [0.25, 0.3) is 0 Å². The second-order valence-electron chi connectivity index (χ2n) is 5.48. The van der Waals surface area contributed by atoms with Crippen LogP contribution in [0.2, 0.25) is 0 Å². The zero-order valence-corrected chi connectivity index (χ0v) is 10.7. The second-order valence-corrected chi connectivity index (χ2v) is 5.48.